The summed E-state index contributed by atoms with van der Waals surface area (Å²) in [5, 5.41) is 2.45. The van der Waals surface area contributed by atoms with E-state index in [9.17, 15) is 0 Å². The van der Waals surface area contributed by atoms with Gasteiger partial charge in [-0.05, 0) is 50.1 Å². The van der Waals surface area contributed by atoms with Crippen LogP contribution in [0.3, 0.4) is 0 Å². The van der Waals surface area contributed by atoms with Crippen LogP contribution < -0.4 is 0 Å². The lowest BCUT2D eigenvalue weighted by molar-refractivity contribution is 1.37. The quantitative estimate of drug-likeness (QED) is 0.515. The van der Waals surface area contributed by atoms with E-state index in [1.54, 1.807) is 0 Å². The van der Waals surface area contributed by atoms with Crippen LogP contribution in [-0.4, -0.2) is 4.98 Å². The molecule has 0 aliphatic heterocycles. The highest BCUT2D eigenvalue weighted by Gasteiger charge is 2.03. The van der Waals surface area contributed by atoms with Gasteiger partial charge in [-0.1, -0.05) is 23.8 Å². The minimum Gasteiger partial charge on any atom is -0.248 e. The molecular formula is C16H15N. The van der Waals surface area contributed by atoms with E-state index in [4.69, 9.17) is 4.98 Å². The zero-order valence-electron chi connectivity index (χ0n) is 10.4. The summed E-state index contributed by atoms with van der Waals surface area (Å²) in [5.41, 5.74) is 6.01. The van der Waals surface area contributed by atoms with Crippen molar-refractivity contribution in [1.29, 1.82) is 0 Å². The second-order valence-corrected chi connectivity index (χ2v) is 4.84. The average molecular weight is 221 g/mol. The Morgan fingerprint density at radius 2 is 1.59 bits per heavy atom. The number of aryl methyl sites for hydroxylation is 3. The third kappa shape index (κ3) is 1.68. The molecule has 0 bridgehead atoms. The molecular weight excluding hydrogens is 206 g/mol. The molecule has 0 radical (unpaired) electrons. The molecule has 17 heavy (non-hydrogen) atoms. The molecule has 0 aliphatic carbocycles. The van der Waals surface area contributed by atoms with Gasteiger partial charge in [0.15, 0.2) is 0 Å². The first kappa shape index (κ1) is 10.3. The molecule has 1 nitrogen and oxygen atoms in total. The summed E-state index contributed by atoms with van der Waals surface area (Å²) in [6.07, 6.45) is 0. The molecule has 0 spiro atoms. The molecule has 0 saturated carbocycles. The van der Waals surface area contributed by atoms with Crippen molar-refractivity contribution in [2.75, 3.05) is 0 Å². The van der Waals surface area contributed by atoms with Gasteiger partial charge in [-0.15, -0.1) is 0 Å². The van der Waals surface area contributed by atoms with Gasteiger partial charge in [0.1, 0.15) is 0 Å². The molecule has 0 aliphatic rings. The van der Waals surface area contributed by atoms with Gasteiger partial charge < -0.3 is 0 Å². The molecule has 0 amide bonds. The van der Waals surface area contributed by atoms with Crippen LogP contribution in [0.15, 0.2) is 36.4 Å². The van der Waals surface area contributed by atoms with Crippen molar-refractivity contribution in [2.45, 2.75) is 20.8 Å². The summed E-state index contributed by atoms with van der Waals surface area (Å²) in [6, 6.07) is 13.1. The standard InChI is InChI=1S/C16H15N/c1-10-4-5-13-9-14-7-11(2)6-12(3)16(14)17-15(13)8-10/h4-9H,1-3H3. The molecule has 0 fully saturated rings. The Bertz CT molecular complexity index is 726. The second kappa shape index (κ2) is 3.56. The van der Waals surface area contributed by atoms with Gasteiger partial charge in [0, 0.05) is 10.8 Å². The third-order valence-corrected chi connectivity index (χ3v) is 3.20. The van der Waals surface area contributed by atoms with E-state index < -0.39 is 0 Å². The monoisotopic (exact) mass is 221 g/mol. The van der Waals surface area contributed by atoms with Crippen LogP contribution in [0.1, 0.15) is 16.7 Å². The first-order chi connectivity index (χ1) is 8.13. The highest BCUT2D eigenvalue weighted by Crippen LogP contribution is 2.24. The van der Waals surface area contributed by atoms with Gasteiger partial charge in [-0.3, -0.25) is 0 Å². The van der Waals surface area contributed by atoms with E-state index in [1.165, 1.54) is 27.5 Å². The van der Waals surface area contributed by atoms with E-state index in [2.05, 4.69) is 57.2 Å². The molecule has 1 aromatic heterocycles. The number of hydrogen-bond acceptors (Lipinski definition) is 1. The molecule has 84 valence electrons. The highest BCUT2D eigenvalue weighted by molar-refractivity contribution is 5.94. The summed E-state index contributed by atoms with van der Waals surface area (Å²) in [7, 11) is 0. The van der Waals surface area contributed by atoms with E-state index in [1.807, 2.05) is 0 Å². The molecule has 0 atom stereocenters. The van der Waals surface area contributed by atoms with Gasteiger partial charge in [0.05, 0.1) is 11.0 Å². The average Bonchev–Trinajstić information content (AvgIpc) is 2.27. The van der Waals surface area contributed by atoms with Gasteiger partial charge in [0.25, 0.3) is 0 Å². The predicted octanol–water partition coefficient (Wildman–Crippen LogP) is 4.31. The fourth-order valence-electron chi connectivity index (χ4n) is 2.42. The van der Waals surface area contributed by atoms with Crippen LogP contribution >= 0.6 is 0 Å². The minimum absolute atomic E-state index is 1.09. The first-order valence-corrected chi connectivity index (χ1v) is 5.92. The van der Waals surface area contributed by atoms with Crippen molar-refractivity contribution in [2.24, 2.45) is 0 Å². The maximum absolute atomic E-state index is 4.78. The van der Waals surface area contributed by atoms with E-state index >= 15 is 0 Å². The summed E-state index contributed by atoms with van der Waals surface area (Å²) < 4.78 is 0. The fraction of sp³-hybridized carbons (Fsp3) is 0.188. The van der Waals surface area contributed by atoms with Crippen molar-refractivity contribution in [3.8, 4) is 0 Å². The SMILES string of the molecule is Cc1cc(C)c2nc3cc(C)ccc3cc2c1. The molecule has 0 saturated heterocycles. The smallest absolute Gasteiger partial charge is 0.0739 e. The van der Waals surface area contributed by atoms with Crippen molar-refractivity contribution >= 4 is 21.8 Å². The number of hydrogen-bond donors (Lipinski definition) is 0. The van der Waals surface area contributed by atoms with Crippen LogP contribution in [0, 0.1) is 20.8 Å². The summed E-state index contributed by atoms with van der Waals surface area (Å²) in [5.74, 6) is 0. The van der Waals surface area contributed by atoms with E-state index in [-0.39, 0.29) is 0 Å². The molecule has 0 N–H and O–H groups in total. The van der Waals surface area contributed by atoms with Crippen molar-refractivity contribution in [1.82, 2.24) is 4.98 Å². The van der Waals surface area contributed by atoms with E-state index in [0.29, 0.717) is 0 Å². The van der Waals surface area contributed by atoms with Crippen LogP contribution in [0.4, 0.5) is 0 Å². The number of nitrogens with zero attached hydrogens (tertiary/aromatic N) is 1. The zero-order valence-corrected chi connectivity index (χ0v) is 10.4. The van der Waals surface area contributed by atoms with Crippen molar-refractivity contribution in [3.05, 3.63) is 53.1 Å². The topological polar surface area (TPSA) is 12.9 Å². The maximum atomic E-state index is 4.78. The van der Waals surface area contributed by atoms with Crippen LogP contribution in [0.25, 0.3) is 21.8 Å². The Labute approximate surface area is 101 Å². The Balaban J connectivity index is 2.48. The van der Waals surface area contributed by atoms with Gasteiger partial charge in [0.2, 0.25) is 0 Å². The summed E-state index contributed by atoms with van der Waals surface area (Å²) in [4.78, 5) is 4.78. The number of benzene rings is 2. The molecule has 2 aromatic carbocycles. The molecule has 1 heteroatoms. The number of pyridine rings is 1. The molecule has 3 rings (SSSR count). The Morgan fingerprint density at radius 3 is 2.41 bits per heavy atom. The molecule has 1 heterocycles. The molecule has 3 aromatic rings. The molecule has 0 unspecified atom stereocenters. The Kier molecular flexibility index (Phi) is 2.15. The highest BCUT2D eigenvalue weighted by atomic mass is 14.7. The predicted molar refractivity (Wildman–Crippen MR) is 73.5 cm³/mol. The van der Waals surface area contributed by atoms with Gasteiger partial charge >= 0.3 is 0 Å². The van der Waals surface area contributed by atoms with Crippen molar-refractivity contribution < 1.29 is 0 Å². The van der Waals surface area contributed by atoms with Crippen LogP contribution in [-0.2, 0) is 0 Å². The number of aromatic nitrogens is 1. The van der Waals surface area contributed by atoms with Crippen LogP contribution in [0.2, 0.25) is 0 Å². The number of fused-ring (bicyclic) bond motifs is 2. The Morgan fingerprint density at radius 1 is 0.765 bits per heavy atom. The lowest BCUT2D eigenvalue weighted by atomic mass is 10.0. The maximum Gasteiger partial charge on any atom is 0.0739 e. The summed E-state index contributed by atoms with van der Waals surface area (Å²) >= 11 is 0. The Hall–Kier alpha value is -1.89. The lowest BCUT2D eigenvalue weighted by Gasteiger charge is -2.06. The lowest BCUT2D eigenvalue weighted by Crippen LogP contribution is -1.88. The second-order valence-electron chi connectivity index (χ2n) is 4.84. The zero-order chi connectivity index (χ0) is 12.0. The number of rotatable bonds is 0. The van der Waals surface area contributed by atoms with Crippen molar-refractivity contribution in [3.63, 3.8) is 0 Å². The third-order valence-electron chi connectivity index (χ3n) is 3.20. The summed E-state index contributed by atoms with van der Waals surface area (Å²) in [6.45, 7) is 6.36. The largest absolute Gasteiger partial charge is 0.248 e. The fourth-order valence-corrected chi connectivity index (χ4v) is 2.42. The first-order valence-electron chi connectivity index (χ1n) is 5.92. The van der Waals surface area contributed by atoms with Gasteiger partial charge in [-0.2, -0.15) is 0 Å². The van der Waals surface area contributed by atoms with Crippen LogP contribution in [0.5, 0.6) is 0 Å². The van der Waals surface area contributed by atoms with Gasteiger partial charge in [-0.25, -0.2) is 4.98 Å². The normalized spacial score (nSPS) is 11.2. The van der Waals surface area contributed by atoms with E-state index in [0.717, 1.165) is 11.0 Å². The minimum atomic E-state index is 1.09.